The second kappa shape index (κ2) is 7.93. The number of methoxy groups -OCH3 is 2. The Bertz CT molecular complexity index is 910. The number of benzene rings is 1. The molecule has 6 heteroatoms. The summed E-state index contributed by atoms with van der Waals surface area (Å²) in [7, 11) is 3.14. The Morgan fingerprint density at radius 1 is 1.17 bits per heavy atom. The van der Waals surface area contributed by atoms with Crippen LogP contribution in [-0.4, -0.2) is 32.6 Å². The molecule has 0 fully saturated rings. The van der Waals surface area contributed by atoms with Crippen LogP contribution in [0.5, 0.6) is 11.5 Å². The van der Waals surface area contributed by atoms with Gasteiger partial charge in [-0.05, 0) is 43.4 Å². The first kappa shape index (κ1) is 21.0. The number of carbonyl (C=O) groups is 2. The van der Waals surface area contributed by atoms with E-state index < -0.39 is 11.9 Å². The normalized spacial score (nSPS) is 20.8. The van der Waals surface area contributed by atoms with Gasteiger partial charge in [-0.1, -0.05) is 19.9 Å². The van der Waals surface area contributed by atoms with Crippen LogP contribution in [0, 0.1) is 5.41 Å². The fraction of sp³-hybridized carbons (Fsp3) is 0.478. The van der Waals surface area contributed by atoms with Crippen molar-refractivity contribution >= 4 is 11.8 Å². The molecule has 1 aromatic rings. The number of nitrogens with one attached hydrogen (secondary N) is 1. The Balaban J connectivity index is 2.20. The van der Waals surface area contributed by atoms with Gasteiger partial charge in [-0.15, -0.1) is 0 Å². The fourth-order valence-corrected chi connectivity index (χ4v) is 4.28. The monoisotopic (exact) mass is 399 g/mol. The predicted octanol–water partition coefficient (Wildman–Crippen LogP) is 3.87. The Hall–Kier alpha value is -2.76. The van der Waals surface area contributed by atoms with E-state index in [9.17, 15) is 9.59 Å². The van der Waals surface area contributed by atoms with E-state index in [1.807, 2.05) is 19.1 Å². The van der Waals surface area contributed by atoms with Crippen LogP contribution >= 0.6 is 0 Å². The highest BCUT2D eigenvalue weighted by molar-refractivity contribution is 6.04. The van der Waals surface area contributed by atoms with Gasteiger partial charge >= 0.3 is 5.97 Å². The lowest BCUT2D eigenvalue weighted by atomic mass is 9.68. The van der Waals surface area contributed by atoms with Gasteiger partial charge in [-0.2, -0.15) is 0 Å². The molecule has 0 unspecified atom stereocenters. The summed E-state index contributed by atoms with van der Waals surface area (Å²) in [5, 5.41) is 3.33. The maximum absolute atomic E-state index is 13.2. The molecule has 0 bridgehead atoms. The number of allylic oxidation sites excluding steroid dienone is 3. The van der Waals surface area contributed by atoms with Gasteiger partial charge in [0, 0.05) is 29.3 Å². The molecule has 0 saturated carbocycles. The standard InChI is InChI=1S/C23H29NO5/c1-7-29-22(26)19-13(2)24-15-11-23(3,4)12-16(25)21(15)20(19)14-8-9-17(27-5)18(10-14)28-6/h8-10,20,24H,7,11-12H2,1-6H3/t20-/m0/s1. The molecule has 0 amide bonds. The molecule has 1 aliphatic carbocycles. The van der Waals surface area contributed by atoms with Crippen LogP contribution in [0.1, 0.15) is 52.0 Å². The highest BCUT2D eigenvalue weighted by Crippen LogP contribution is 2.47. The summed E-state index contributed by atoms with van der Waals surface area (Å²) in [6.07, 6.45) is 1.18. The van der Waals surface area contributed by atoms with Crippen molar-refractivity contribution < 1.29 is 23.8 Å². The van der Waals surface area contributed by atoms with E-state index in [0.29, 0.717) is 34.8 Å². The van der Waals surface area contributed by atoms with Crippen molar-refractivity contribution in [2.75, 3.05) is 20.8 Å². The van der Waals surface area contributed by atoms with Gasteiger partial charge in [0.25, 0.3) is 0 Å². The Morgan fingerprint density at radius 2 is 1.86 bits per heavy atom. The van der Waals surface area contributed by atoms with Gasteiger partial charge in [0.1, 0.15) is 0 Å². The van der Waals surface area contributed by atoms with Crippen molar-refractivity contribution in [2.45, 2.75) is 46.5 Å². The number of hydrogen-bond donors (Lipinski definition) is 1. The van der Waals surface area contributed by atoms with Crippen molar-refractivity contribution in [2.24, 2.45) is 5.41 Å². The van der Waals surface area contributed by atoms with Gasteiger partial charge in [-0.3, -0.25) is 4.79 Å². The molecular formula is C23H29NO5. The molecule has 1 aromatic carbocycles. The lowest BCUT2D eigenvalue weighted by molar-refractivity contribution is -0.138. The van der Waals surface area contributed by atoms with E-state index in [0.717, 1.165) is 17.7 Å². The summed E-state index contributed by atoms with van der Waals surface area (Å²) in [5.41, 5.74) is 3.37. The van der Waals surface area contributed by atoms with Crippen molar-refractivity contribution in [3.63, 3.8) is 0 Å². The van der Waals surface area contributed by atoms with Crippen LogP contribution in [-0.2, 0) is 14.3 Å². The molecule has 1 aliphatic heterocycles. The number of rotatable bonds is 5. The first-order chi connectivity index (χ1) is 13.7. The van der Waals surface area contributed by atoms with E-state index >= 15 is 0 Å². The quantitative estimate of drug-likeness (QED) is 0.758. The average Bonchev–Trinajstić information content (AvgIpc) is 2.65. The topological polar surface area (TPSA) is 73.9 Å². The van der Waals surface area contributed by atoms with E-state index in [-0.39, 0.29) is 17.8 Å². The highest BCUT2D eigenvalue weighted by Gasteiger charge is 2.43. The van der Waals surface area contributed by atoms with Crippen molar-refractivity contribution in [1.29, 1.82) is 0 Å². The smallest absolute Gasteiger partial charge is 0.336 e. The van der Waals surface area contributed by atoms with Crippen LogP contribution in [0.15, 0.2) is 40.7 Å². The molecule has 1 N–H and O–H groups in total. The molecule has 29 heavy (non-hydrogen) atoms. The molecule has 3 rings (SSSR count). The number of Topliss-reactive ketones (excluding diaryl/α,β-unsaturated/α-hetero) is 1. The highest BCUT2D eigenvalue weighted by atomic mass is 16.5. The zero-order valence-corrected chi connectivity index (χ0v) is 18.0. The summed E-state index contributed by atoms with van der Waals surface area (Å²) in [4.78, 5) is 26.1. The Labute approximate surface area is 171 Å². The maximum atomic E-state index is 13.2. The predicted molar refractivity (Wildman–Crippen MR) is 110 cm³/mol. The van der Waals surface area contributed by atoms with E-state index in [1.54, 1.807) is 27.2 Å². The second-order valence-electron chi connectivity index (χ2n) is 8.26. The minimum absolute atomic E-state index is 0.0535. The van der Waals surface area contributed by atoms with Gasteiger partial charge in [-0.25, -0.2) is 4.79 Å². The van der Waals surface area contributed by atoms with Crippen LogP contribution in [0.25, 0.3) is 0 Å². The summed E-state index contributed by atoms with van der Waals surface area (Å²) in [6.45, 7) is 8.06. The van der Waals surface area contributed by atoms with Crippen molar-refractivity contribution in [1.82, 2.24) is 5.32 Å². The summed E-state index contributed by atoms with van der Waals surface area (Å²) >= 11 is 0. The zero-order chi connectivity index (χ0) is 21.3. The largest absolute Gasteiger partial charge is 0.493 e. The Kier molecular flexibility index (Phi) is 5.73. The number of dihydropyridines is 1. The van der Waals surface area contributed by atoms with Crippen LogP contribution in [0.4, 0.5) is 0 Å². The fourth-order valence-electron chi connectivity index (χ4n) is 4.28. The molecule has 0 spiro atoms. The van der Waals surface area contributed by atoms with Gasteiger partial charge in [0.15, 0.2) is 17.3 Å². The van der Waals surface area contributed by atoms with Crippen molar-refractivity contribution in [3.8, 4) is 11.5 Å². The maximum Gasteiger partial charge on any atom is 0.336 e. The third kappa shape index (κ3) is 3.88. The summed E-state index contributed by atoms with van der Waals surface area (Å²) in [5.74, 6) is 0.275. The third-order valence-electron chi connectivity index (χ3n) is 5.48. The molecule has 0 radical (unpaired) electrons. The second-order valence-corrected chi connectivity index (χ2v) is 8.26. The number of hydrogen-bond acceptors (Lipinski definition) is 6. The molecule has 0 saturated heterocycles. The molecule has 2 aliphatic rings. The number of carbonyl (C=O) groups excluding carboxylic acids is 2. The first-order valence-corrected chi connectivity index (χ1v) is 9.85. The SMILES string of the molecule is CCOC(=O)C1=C(C)NC2=C(C(=O)CC(C)(C)C2)[C@H]1c1ccc(OC)c(OC)c1. The van der Waals surface area contributed by atoms with E-state index in [1.165, 1.54) is 0 Å². The minimum atomic E-state index is -0.506. The van der Waals surface area contributed by atoms with E-state index in [4.69, 9.17) is 14.2 Å². The zero-order valence-electron chi connectivity index (χ0n) is 18.0. The van der Waals surface area contributed by atoms with Crippen LogP contribution in [0.3, 0.4) is 0 Å². The lowest BCUT2D eigenvalue weighted by Gasteiger charge is -2.39. The number of esters is 1. The molecule has 0 aromatic heterocycles. The first-order valence-electron chi connectivity index (χ1n) is 9.85. The van der Waals surface area contributed by atoms with Gasteiger partial charge < -0.3 is 19.5 Å². The number of ketones is 1. The molecule has 1 atom stereocenters. The molecule has 1 heterocycles. The average molecular weight is 399 g/mol. The third-order valence-corrected chi connectivity index (χ3v) is 5.48. The van der Waals surface area contributed by atoms with E-state index in [2.05, 4.69) is 19.2 Å². The summed E-state index contributed by atoms with van der Waals surface area (Å²) in [6, 6.07) is 5.51. The van der Waals surface area contributed by atoms with Crippen LogP contribution < -0.4 is 14.8 Å². The molecule has 156 valence electrons. The van der Waals surface area contributed by atoms with Gasteiger partial charge in [0.2, 0.25) is 0 Å². The van der Waals surface area contributed by atoms with Crippen molar-refractivity contribution in [3.05, 3.63) is 46.3 Å². The molecule has 6 nitrogen and oxygen atoms in total. The number of ether oxygens (including phenoxy) is 3. The Morgan fingerprint density at radius 3 is 2.48 bits per heavy atom. The molecular weight excluding hydrogens is 370 g/mol. The van der Waals surface area contributed by atoms with Gasteiger partial charge in [0.05, 0.1) is 26.4 Å². The van der Waals surface area contributed by atoms with Crippen LogP contribution in [0.2, 0.25) is 0 Å². The minimum Gasteiger partial charge on any atom is -0.493 e. The lowest BCUT2D eigenvalue weighted by Crippen LogP contribution is -2.38. The summed E-state index contributed by atoms with van der Waals surface area (Å²) < 4.78 is 16.1.